The molecule has 10 heteroatoms. The van der Waals surface area contributed by atoms with Crippen LogP contribution in [0.15, 0.2) is 53.0 Å². The van der Waals surface area contributed by atoms with Gasteiger partial charge in [-0.3, -0.25) is 13.9 Å². The molecule has 2 aromatic carbocycles. The molecule has 0 radical (unpaired) electrons. The fourth-order valence-corrected chi connectivity index (χ4v) is 4.23. The molecule has 2 aromatic rings. The number of halogens is 2. The molecule has 2 rings (SSSR count). The molecule has 0 aromatic heterocycles. The van der Waals surface area contributed by atoms with Crippen molar-refractivity contribution in [1.29, 1.82) is 0 Å². The maximum atomic E-state index is 13.3. The predicted octanol–water partition coefficient (Wildman–Crippen LogP) is 3.81. The minimum atomic E-state index is -3.75. The summed E-state index contributed by atoms with van der Waals surface area (Å²) in [6.45, 7) is 3.75. The van der Waals surface area contributed by atoms with Crippen molar-refractivity contribution in [3.8, 4) is 0 Å². The van der Waals surface area contributed by atoms with E-state index in [1.807, 2.05) is 6.92 Å². The van der Waals surface area contributed by atoms with Crippen LogP contribution in [0.4, 0.5) is 5.69 Å². The first-order valence-corrected chi connectivity index (χ1v) is 13.1. The smallest absolute Gasteiger partial charge is 0.244 e. The zero-order valence-electron chi connectivity index (χ0n) is 18.2. The number of nitrogens with zero attached hydrogens (tertiary/aromatic N) is 2. The molecular formula is C22H27BrClN3O4S. The molecule has 0 aliphatic heterocycles. The van der Waals surface area contributed by atoms with Crippen molar-refractivity contribution in [2.24, 2.45) is 0 Å². The third-order valence-electron chi connectivity index (χ3n) is 4.78. The zero-order valence-corrected chi connectivity index (χ0v) is 21.4. The van der Waals surface area contributed by atoms with E-state index in [1.54, 1.807) is 55.5 Å². The normalized spacial score (nSPS) is 12.2. The molecule has 0 saturated heterocycles. The second-order valence-electron chi connectivity index (χ2n) is 7.36. The molecule has 1 unspecified atom stereocenters. The van der Waals surface area contributed by atoms with Crippen molar-refractivity contribution in [2.45, 2.75) is 32.9 Å². The summed E-state index contributed by atoms with van der Waals surface area (Å²) in [5, 5.41) is 3.35. The number of amides is 2. The number of carbonyl (C=O) groups excluding carboxylic acids is 2. The molecule has 0 heterocycles. The SMILES string of the molecule is CCCNC(=O)C(C)N(Cc1ccc(Cl)cc1)C(=O)CN(c1ccc(Br)cc1)S(C)(=O)=O. The lowest BCUT2D eigenvalue weighted by Gasteiger charge is -2.31. The van der Waals surface area contributed by atoms with E-state index in [4.69, 9.17) is 11.6 Å². The third kappa shape index (κ3) is 7.50. The van der Waals surface area contributed by atoms with Crippen molar-refractivity contribution < 1.29 is 18.0 Å². The predicted molar refractivity (Wildman–Crippen MR) is 131 cm³/mol. The van der Waals surface area contributed by atoms with Crippen LogP contribution in [0.5, 0.6) is 0 Å². The molecule has 0 spiro atoms. The van der Waals surface area contributed by atoms with E-state index >= 15 is 0 Å². The first-order chi connectivity index (χ1) is 15.0. The van der Waals surface area contributed by atoms with Gasteiger partial charge in [-0.05, 0) is 55.3 Å². The maximum absolute atomic E-state index is 13.3. The van der Waals surface area contributed by atoms with Crippen LogP contribution in [0.25, 0.3) is 0 Å². The molecule has 0 saturated carbocycles. The Hall–Kier alpha value is -2.10. The molecule has 0 bridgehead atoms. The first-order valence-electron chi connectivity index (χ1n) is 10.1. The standard InChI is InChI=1S/C22H27BrClN3O4S/c1-4-13-25-22(29)16(2)26(14-17-5-9-19(24)10-6-17)21(28)15-27(32(3,30)31)20-11-7-18(23)8-12-20/h5-12,16H,4,13-15H2,1-3H3,(H,25,29). The van der Waals surface area contributed by atoms with Gasteiger partial charge >= 0.3 is 0 Å². The largest absolute Gasteiger partial charge is 0.354 e. The fraction of sp³-hybridized carbons (Fsp3) is 0.364. The van der Waals surface area contributed by atoms with Crippen LogP contribution in [0.1, 0.15) is 25.8 Å². The van der Waals surface area contributed by atoms with E-state index in [-0.39, 0.29) is 12.5 Å². The lowest BCUT2D eigenvalue weighted by atomic mass is 10.1. The summed E-state index contributed by atoms with van der Waals surface area (Å²) >= 11 is 9.28. The Morgan fingerprint density at radius 1 is 1.09 bits per heavy atom. The van der Waals surface area contributed by atoms with Gasteiger partial charge in [0.1, 0.15) is 12.6 Å². The Balaban J connectivity index is 2.34. The Labute approximate surface area is 202 Å². The molecule has 0 fully saturated rings. The van der Waals surface area contributed by atoms with Crippen LogP contribution >= 0.6 is 27.5 Å². The number of hydrogen-bond acceptors (Lipinski definition) is 4. The van der Waals surface area contributed by atoms with Gasteiger partial charge in [0.2, 0.25) is 21.8 Å². The van der Waals surface area contributed by atoms with Gasteiger partial charge in [-0.15, -0.1) is 0 Å². The Morgan fingerprint density at radius 2 is 1.69 bits per heavy atom. The first kappa shape index (κ1) is 26.2. The number of rotatable bonds is 10. The minimum Gasteiger partial charge on any atom is -0.354 e. The average molecular weight is 545 g/mol. The number of anilines is 1. The number of nitrogens with one attached hydrogen (secondary N) is 1. The highest BCUT2D eigenvalue weighted by atomic mass is 79.9. The molecule has 32 heavy (non-hydrogen) atoms. The second-order valence-corrected chi connectivity index (χ2v) is 10.6. The number of hydrogen-bond donors (Lipinski definition) is 1. The Morgan fingerprint density at radius 3 is 2.22 bits per heavy atom. The highest BCUT2D eigenvalue weighted by Crippen LogP contribution is 2.22. The van der Waals surface area contributed by atoms with Crippen molar-refractivity contribution in [3.05, 3.63) is 63.6 Å². The minimum absolute atomic E-state index is 0.134. The van der Waals surface area contributed by atoms with Crippen LogP contribution < -0.4 is 9.62 Å². The van der Waals surface area contributed by atoms with E-state index in [1.165, 1.54) is 4.90 Å². The molecule has 1 N–H and O–H groups in total. The highest BCUT2D eigenvalue weighted by Gasteiger charge is 2.29. The van der Waals surface area contributed by atoms with E-state index in [2.05, 4.69) is 21.2 Å². The number of benzene rings is 2. The quantitative estimate of drug-likeness (QED) is 0.493. The molecule has 174 valence electrons. The van der Waals surface area contributed by atoms with Crippen LogP contribution in [-0.4, -0.2) is 50.5 Å². The van der Waals surface area contributed by atoms with Gasteiger partial charge in [0.15, 0.2) is 0 Å². The van der Waals surface area contributed by atoms with Crippen molar-refractivity contribution in [2.75, 3.05) is 23.7 Å². The van der Waals surface area contributed by atoms with Gasteiger partial charge in [0, 0.05) is 22.6 Å². The van der Waals surface area contributed by atoms with Gasteiger partial charge in [0.25, 0.3) is 0 Å². The van der Waals surface area contributed by atoms with E-state index in [9.17, 15) is 18.0 Å². The number of carbonyl (C=O) groups is 2. The highest BCUT2D eigenvalue weighted by molar-refractivity contribution is 9.10. The molecule has 1 atom stereocenters. The monoisotopic (exact) mass is 543 g/mol. The van der Waals surface area contributed by atoms with Gasteiger partial charge < -0.3 is 10.2 Å². The van der Waals surface area contributed by atoms with Gasteiger partial charge in [-0.2, -0.15) is 0 Å². The van der Waals surface area contributed by atoms with E-state index < -0.39 is 28.5 Å². The topological polar surface area (TPSA) is 86.8 Å². The summed E-state index contributed by atoms with van der Waals surface area (Å²) in [4.78, 5) is 27.3. The number of sulfonamides is 1. The molecule has 2 amide bonds. The molecular weight excluding hydrogens is 518 g/mol. The van der Waals surface area contributed by atoms with Crippen LogP contribution in [0.3, 0.4) is 0 Å². The van der Waals surface area contributed by atoms with Gasteiger partial charge in [0.05, 0.1) is 11.9 Å². The van der Waals surface area contributed by atoms with Crippen molar-refractivity contribution >= 4 is 55.1 Å². The summed E-state index contributed by atoms with van der Waals surface area (Å²) in [6.07, 6.45) is 1.80. The Kier molecular flexibility index (Phi) is 9.54. The summed E-state index contributed by atoms with van der Waals surface area (Å²) < 4.78 is 26.7. The fourth-order valence-electron chi connectivity index (χ4n) is 2.99. The second kappa shape index (κ2) is 11.7. The molecule has 0 aliphatic carbocycles. The van der Waals surface area contributed by atoms with E-state index in [0.29, 0.717) is 17.3 Å². The van der Waals surface area contributed by atoms with Gasteiger partial charge in [-0.1, -0.05) is 46.6 Å². The van der Waals surface area contributed by atoms with Gasteiger partial charge in [-0.25, -0.2) is 8.42 Å². The lowest BCUT2D eigenvalue weighted by molar-refractivity contribution is -0.139. The van der Waals surface area contributed by atoms with Crippen LogP contribution in [0, 0.1) is 0 Å². The Bertz CT molecular complexity index is 1030. The maximum Gasteiger partial charge on any atom is 0.244 e. The van der Waals surface area contributed by atoms with Crippen molar-refractivity contribution in [3.63, 3.8) is 0 Å². The average Bonchev–Trinajstić information content (AvgIpc) is 2.74. The summed E-state index contributed by atoms with van der Waals surface area (Å²) in [5.74, 6) is -0.795. The third-order valence-corrected chi connectivity index (χ3v) is 6.70. The molecule has 7 nitrogen and oxygen atoms in total. The summed E-state index contributed by atoms with van der Waals surface area (Å²) in [7, 11) is -3.75. The summed E-state index contributed by atoms with van der Waals surface area (Å²) in [5.41, 5.74) is 1.13. The van der Waals surface area contributed by atoms with Crippen LogP contribution in [-0.2, 0) is 26.2 Å². The van der Waals surface area contributed by atoms with Crippen LogP contribution in [0.2, 0.25) is 5.02 Å². The molecule has 0 aliphatic rings. The zero-order chi connectivity index (χ0) is 23.9. The lowest BCUT2D eigenvalue weighted by Crippen LogP contribution is -2.51. The summed E-state index contributed by atoms with van der Waals surface area (Å²) in [6, 6.07) is 12.8. The van der Waals surface area contributed by atoms with E-state index in [0.717, 1.165) is 27.0 Å². The van der Waals surface area contributed by atoms with Crippen molar-refractivity contribution in [1.82, 2.24) is 10.2 Å².